The molecule has 0 radical (unpaired) electrons. The van der Waals surface area contributed by atoms with Crippen LogP contribution in [0.15, 0.2) is 40.8 Å². The average Bonchev–Trinajstić information content (AvgIpc) is 2.09. The van der Waals surface area contributed by atoms with Crippen LogP contribution in [-0.4, -0.2) is 10.9 Å². The molecule has 0 aliphatic carbocycles. The number of rotatable bonds is 3. The van der Waals surface area contributed by atoms with Crippen LogP contribution >= 0.6 is 23.4 Å². The van der Waals surface area contributed by atoms with Crippen LogP contribution in [-0.2, 0) is 0 Å². The van der Waals surface area contributed by atoms with Crippen molar-refractivity contribution in [2.75, 3.05) is 5.75 Å². The van der Waals surface area contributed by atoms with Crippen molar-refractivity contribution in [1.82, 2.24) is 0 Å². The highest BCUT2D eigenvalue weighted by Crippen LogP contribution is 2.20. The molecule has 0 unspecified atom stereocenters. The molecule has 0 spiro atoms. The van der Waals surface area contributed by atoms with Crippen LogP contribution in [0.2, 0.25) is 0 Å². The second kappa shape index (κ2) is 5.12. The first-order chi connectivity index (χ1) is 5.83. The fourth-order valence-corrected chi connectivity index (χ4v) is 1.63. The van der Waals surface area contributed by atoms with Crippen LogP contribution in [0.4, 0.5) is 0 Å². The van der Waals surface area contributed by atoms with Gasteiger partial charge >= 0.3 is 0 Å². The first-order valence-corrected chi connectivity index (χ1v) is 4.92. The summed E-state index contributed by atoms with van der Waals surface area (Å²) in [5.74, 6) is 1.15. The van der Waals surface area contributed by atoms with E-state index >= 15 is 0 Å². The van der Waals surface area contributed by atoms with Gasteiger partial charge in [0, 0.05) is 16.2 Å². The Bertz CT molecular complexity index is 256. The summed E-state index contributed by atoms with van der Waals surface area (Å²) in [4.78, 5) is 1.13. The molecule has 0 aliphatic heterocycles. The molecule has 0 heterocycles. The molecule has 0 aromatic heterocycles. The Labute approximate surface area is 81.1 Å². The van der Waals surface area contributed by atoms with Crippen molar-refractivity contribution in [3.63, 3.8) is 0 Å². The molecule has 1 aromatic carbocycles. The molecule has 12 heavy (non-hydrogen) atoms. The predicted molar refractivity (Wildman–Crippen MR) is 53.8 cm³/mol. The maximum Gasteiger partial charge on any atom is 0.115 e. The third kappa shape index (κ3) is 3.20. The highest BCUT2D eigenvalue weighted by atomic mass is 35.5. The van der Waals surface area contributed by atoms with E-state index in [0.717, 1.165) is 10.6 Å². The van der Waals surface area contributed by atoms with Crippen molar-refractivity contribution < 1.29 is 5.11 Å². The minimum atomic E-state index is 0.298. The molecule has 0 bridgehead atoms. The number of phenols is 1. The SMILES string of the molecule is Oc1ccc(SC/C=C\Cl)cc1. The molecule has 0 amide bonds. The maximum atomic E-state index is 8.98. The van der Waals surface area contributed by atoms with E-state index in [1.54, 1.807) is 23.9 Å². The number of aromatic hydroxyl groups is 1. The Morgan fingerprint density at radius 1 is 1.33 bits per heavy atom. The topological polar surface area (TPSA) is 20.2 Å². The second-order valence-electron chi connectivity index (χ2n) is 2.17. The van der Waals surface area contributed by atoms with Crippen LogP contribution in [0, 0.1) is 0 Å². The van der Waals surface area contributed by atoms with Gasteiger partial charge < -0.3 is 5.11 Å². The Hall–Kier alpha value is -0.600. The van der Waals surface area contributed by atoms with Gasteiger partial charge in [0.05, 0.1) is 0 Å². The largest absolute Gasteiger partial charge is 0.508 e. The Kier molecular flexibility index (Phi) is 4.05. The lowest BCUT2D eigenvalue weighted by molar-refractivity contribution is 0.475. The minimum Gasteiger partial charge on any atom is -0.508 e. The summed E-state index contributed by atoms with van der Waals surface area (Å²) in [6.45, 7) is 0. The van der Waals surface area contributed by atoms with Gasteiger partial charge in [0.2, 0.25) is 0 Å². The molecule has 3 heteroatoms. The van der Waals surface area contributed by atoms with Gasteiger partial charge in [0.15, 0.2) is 0 Å². The minimum absolute atomic E-state index is 0.298. The lowest BCUT2D eigenvalue weighted by atomic mass is 10.3. The van der Waals surface area contributed by atoms with Gasteiger partial charge in [-0.1, -0.05) is 17.7 Å². The highest BCUT2D eigenvalue weighted by molar-refractivity contribution is 7.99. The van der Waals surface area contributed by atoms with E-state index in [1.807, 2.05) is 18.2 Å². The number of hydrogen-bond acceptors (Lipinski definition) is 2. The molecule has 1 aromatic rings. The maximum absolute atomic E-state index is 8.98. The summed E-state index contributed by atoms with van der Waals surface area (Å²) in [6, 6.07) is 7.10. The second-order valence-corrected chi connectivity index (χ2v) is 3.51. The summed E-state index contributed by atoms with van der Waals surface area (Å²) < 4.78 is 0. The molecule has 1 nitrogen and oxygen atoms in total. The van der Waals surface area contributed by atoms with E-state index in [9.17, 15) is 0 Å². The highest BCUT2D eigenvalue weighted by Gasteiger charge is 1.91. The summed E-state index contributed by atoms with van der Waals surface area (Å²) in [7, 11) is 0. The Balaban J connectivity index is 2.47. The lowest BCUT2D eigenvalue weighted by Crippen LogP contribution is -1.72. The van der Waals surface area contributed by atoms with Crippen molar-refractivity contribution in [2.24, 2.45) is 0 Å². The quantitative estimate of drug-likeness (QED) is 0.756. The molecule has 0 fully saturated rings. The van der Waals surface area contributed by atoms with Crippen LogP contribution < -0.4 is 0 Å². The lowest BCUT2D eigenvalue weighted by Gasteiger charge is -1.97. The molecule has 0 saturated carbocycles. The molecule has 64 valence electrons. The fourth-order valence-electron chi connectivity index (χ4n) is 0.723. The molecule has 1 N–H and O–H groups in total. The van der Waals surface area contributed by atoms with E-state index in [0.29, 0.717) is 5.75 Å². The summed E-state index contributed by atoms with van der Waals surface area (Å²) in [5, 5.41) is 8.98. The first-order valence-electron chi connectivity index (χ1n) is 3.50. The van der Waals surface area contributed by atoms with Crippen molar-refractivity contribution in [2.45, 2.75) is 4.90 Å². The zero-order valence-electron chi connectivity index (χ0n) is 6.40. The first kappa shape index (κ1) is 9.49. The number of hydrogen-bond donors (Lipinski definition) is 1. The monoisotopic (exact) mass is 200 g/mol. The summed E-state index contributed by atoms with van der Waals surface area (Å²) in [6.07, 6.45) is 1.87. The third-order valence-electron chi connectivity index (χ3n) is 1.27. The summed E-state index contributed by atoms with van der Waals surface area (Å²) >= 11 is 7.03. The standard InChI is InChI=1S/C9H9ClOS/c10-6-1-7-12-9-4-2-8(11)3-5-9/h1-6,11H,7H2/b6-1-. The van der Waals surface area contributed by atoms with Crippen LogP contribution in [0.5, 0.6) is 5.75 Å². The van der Waals surface area contributed by atoms with E-state index in [4.69, 9.17) is 16.7 Å². The Morgan fingerprint density at radius 2 is 2.00 bits per heavy atom. The average molecular weight is 201 g/mol. The van der Waals surface area contributed by atoms with E-state index in [-0.39, 0.29) is 0 Å². The molecule has 1 rings (SSSR count). The van der Waals surface area contributed by atoms with Gasteiger partial charge in [-0.3, -0.25) is 0 Å². The van der Waals surface area contributed by atoms with Crippen molar-refractivity contribution in [3.8, 4) is 5.75 Å². The van der Waals surface area contributed by atoms with Crippen molar-refractivity contribution >= 4 is 23.4 Å². The number of phenolic OH excluding ortho intramolecular Hbond substituents is 1. The Morgan fingerprint density at radius 3 is 2.58 bits per heavy atom. The van der Waals surface area contributed by atoms with Gasteiger partial charge in [-0.2, -0.15) is 0 Å². The van der Waals surface area contributed by atoms with E-state index in [1.165, 1.54) is 5.54 Å². The van der Waals surface area contributed by atoms with Gasteiger partial charge in [-0.05, 0) is 24.3 Å². The normalized spacial score (nSPS) is 10.8. The number of thioether (sulfide) groups is 1. The smallest absolute Gasteiger partial charge is 0.115 e. The molecular weight excluding hydrogens is 192 g/mol. The van der Waals surface area contributed by atoms with Gasteiger partial charge in [-0.25, -0.2) is 0 Å². The fraction of sp³-hybridized carbons (Fsp3) is 0.111. The van der Waals surface area contributed by atoms with Crippen LogP contribution in [0.1, 0.15) is 0 Å². The molecule has 0 saturated heterocycles. The molecule has 0 atom stereocenters. The zero-order chi connectivity index (χ0) is 8.81. The van der Waals surface area contributed by atoms with E-state index < -0.39 is 0 Å². The van der Waals surface area contributed by atoms with Crippen LogP contribution in [0.3, 0.4) is 0 Å². The number of halogens is 1. The van der Waals surface area contributed by atoms with Crippen LogP contribution in [0.25, 0.3) is 0 Å². The zero-order valence-corrected chi connectivity index (χ0v) is 7.98. The van der Waals surface area contributed by atoms with E-state index in [2.05, 4.69) is 0 Å². The van der Waals surface area contributed by atoms with Gasteiger partial charge in [-0.15, -0.1) is 11.8 Å². The molecular formula is C9H9ClOS. The number of benzene rings is 1. The van der Waals surface area contributed by atoms with Crippen molar-refractivity contribution in [3.05, 3.63) is 35.9 Å². The predicted octanol–water partition coefficient (Wildman–Crippen LogP) is 3.24. The third-order valence-corrected chi connectivity index (χ3v) is 2.41. The summed E-state index contributed by atoms with van der Waals surface area (Å²) in [5.41, 5.74) is 1.51. The molecule has 0 aliphatic rings. The van der Waals surface area contributed by atoms with Gasteiger partial charge in [0.25, 0.3) is 0 Å². The van der Waals surface area contributed by atoms with Gasteiger partial charge in [0.1, 0.15) is 5.75 Å². The van der Waals surface area contributed by atoms with Crippen molar-refractivity contribution in [1.29, 1.82) is 0 Å².